The molecule has 0 aromatic carbocycles. The number of carbonyl (C=O) groups excluding carboxylic acids is 1. The minimum atomic E-state index is -1.23. The van der Waals surface area contributed by atoms with E-state index < -0.39 is 20.0 Å². The molecule has 0 saturated carbocycles. The molecule has 7 atom stereocenters. The number of aliphatic hydroxyl groups is 2. The Morgan fingerprint density at radius 1 is 1.08 bits per heavy atom. The summed E-state index contributed by atoms with van der Waals surface area (Å²) in [6.07, 6.45) is 15.4. The van der Waals surface area contributed by atoms with Gasteiger partial charge in [-0.25, -0.2) is 4.79 Å². The number of esters is 1. The zero-order valence-corrected chi connectivity index (χ0v) is 26.6. The number of ether oxygens (including phenoxy) is 3. The predicted molar refractivity (Wildman–Crippen MR) is 161 cm³/mol. The molecule has 0 bridgehead atoms. The van der Waals surface area contributed by atoms with Crippen LogP contribution in [0.1, 0.15) is 66.7 Å². The molecule has 1 spiro atoms. The van der Waals surface area contributed by atoms with Crippen LogP contribution in [0.5, 0.6) is 0 Å². The van der Waals surface area contributed by atoms with E-state index in [4.69, 9.17) is 14.2 Å². The Hall–Kier alpha value is -1.51. The van der Waals surface area contributed by atoms with Crippen molar-refractivity contribution in [2.24, 2.45) is 17.8 Å². The average molecular weight is 563 g/mol. The van der Waals surface area contributed by atoms with E-state index in [9.17, 15) is 15.0 Å². The van der Waals surface area contributed by atoms with Crippen molar-refractivity contribution in [3.05, 3.63) is 47.6 Å². The molecule has 0 aliphatic carbocycles. The van der Waals surface area contributed by atoms with Crippen LogP contribution in [0, 0.1) is 17.8 Å². The lowest BCUT2D eigenvalue weighted by molar-refractivity contribution is -0.323. The molecule has 0 radical (unpaired) electrons. The van der Waals surface area contributed by atoms with Gasteiger partial charge < -0.3 is 24.4 Å². The summed E-state index contributed by atoms with van der Waals surface area (Å²) in [5.74, 6) is -0.248. The van der Waals surface area contributed by atoms with E-state index in [0.29, 0.717) is 18.4 Å². The Morgan fingerprint density at radius 3 is 2.38 bits per heavy atom. The third kappa shape index (κ3) is 11.9. The molecule has 2 heterocycles. The molecule has 7 heteroatoms. The predicted octanol–water partition coefficient (Wildman–Crippen LogP) is 6.58. The molecule has 0 aromatic rings. The Bertz CT molecular complexity index is 897. The smallest absolute Gasteiger partial charge is 0.330 e. The summed E-state index contributed by atoms with van der Waals surface area (Å²) in [7, 11) is -1.23. The second-order valence-electron chi connectivity index (χ2n) is 13.1. The van der Waals surface area contributed by atoms with Crippen LogP contribution in [0.3, 0.4) is 0 Å². The topological polar surface area (TPSA) is 85.2 Å². The molecule has 0 amide bonds. The SMILES string of the molecule is CC(/C=C/[C@H](O)[C@@H](C)CO)=C\C[C@H]1O[C@@]2(CC[C@@H](C)[C@@H](/C=C/C(C)=C/C(=O)OCC[Si](C)(C)C)O2)CC[C@@H]1C. The van der Waals surface area contributed by atoms with Crippen molar-refractivity contribution in [3.8, 4) is 0 Å². The molecule has 2 rings (SSSR count). The van der Waals surface area contributed by atoms with Crippen molar-refractivity contribution in [3.63, 3.8) is 0 Å². The Morgan fingerprint density at radius 2 is 1.74 bits per heavy atom. The summed E-state index contributed by atoms with van der Waals surface area (Å²) in [5.41, 5.74) is 1.92. The normalized spacial score (nSPS) is 30.7. The van der Waals surface area contributed by atoms with E-state index in [1.54, 1.807) is 12.2 Å². The number of allylic oxidation sites excluding steroid dienone is 4. The highest BCUT2D eigenvalue weighted by molar-refractivity contribution is 6.76. The van der Waals surface area contributed by atoms with E-state index >= 15 is 0 Å². The zero-order valence-electron chi connectivity index (χ0n) is 25.6. The molecule has 2 fully saturated rings. The summed E-state index contributed by atoms with van der Waals surface area (Å²) >= 11 is 0. The first-order chi connectivity index (χ1) is 18.2. The summed E-state index contributed by atoms with van der Waals surface area (Å²) in [4.78, 5) is 12.2. The van der Waals surface area contributed by atoms with E-state index in [1.165, 1.54) is 0 Å². The maximum atomic E-state index is 12.2. The van der Waals surface area contributed by atoms with Crippen molar-refractivity contribution >= 4 is 14.0 Å². The van der Waals surface area contributed by atoms with Gasteiger partial charge in [-0.3, -0.25) is 0 Å². The van der Waals surface area contributed by atoms with Crippen LogP contribution >= 0.6 is 0 Å². The Balaban J connectivity index is 1.98. The van der Waals surface area contributed by atoms with Crippen LogP contribution < -0.4 is 0 Å². The van der Waals surface area contributed by atoms with E-state index in [0.717, 1.165) is 49.3 Å². The summed E-state index contributed by atoms with van der Waals surface area (Å²) in [6, 6.07) is 0.968. The van der Waals surface area contributed by atoms with Gasteiger partial charge in [-0.05, 0) is 56.6 Å². The number of rotatable bonds is 12. The van der Waals surface area contributed by atoms with E-state index in [2.05, 4.69) is 45.6 Å². The fourth-order valence-corrected chi connectivity index (χ4v) is 5.51. The molecule has 39 heavy (non-hydrogen) atoms. The van der Waals surface area contributed by atoms with E-state index in [1.807, 2.05) is 32.9 Å². The highest BCUT2D eigenvalue weighted by Crippen LogP contribution is 2.43. The molecule has 6 nitrogen and oxygen atoms in total. The van der Waals surface area contributed by atoms with Gasteiger partial charge in [0.1, 0.15) is 0 Å². The van der Waals surface area contributed by atoms with Crippen LogP contribution in [-0.4, -0.2) is 61.6 Å². The minimum absolute atomic E-state index is 0.0419. The van der Waals surface area contributed by atoms with Gasteiger partial charge in [-0.2, -0.15) is 0 Å². The third-order valence-corrected chi connectivity index (χ3v) is 9.67. The molecule has 0 unspecified atom stereocenters. The van der Waals surface area contributed by atoms with Crippen LogP contribution in [0.25, 0.3) is 0 Å². The fraction of sp³-hybridized carbons (Fsp3) is 0.719. The average Bonchev–Trinajstić information content (AvgIpc) is 2.87. The summed E-state index contributed by atoms with van der Waals surface area (Å²) < 4.78 is 18.7. The van der Waals surface area contributed by atoms with Gasteiger partial charge in [0.2, 0.25) is 0 Å². The van der Waals surface area contributed by atoms with Crippen LogP contribution in [0.2, 0.25) is 25.7 Å². The molecular weight excluding hydrogens is 508 g/mol. The number of hydrogen-bond donors (Lipinski definition) is 2. The largest absolute Gasteiger partial charge is 0.463 e. The molecule has 0 aromatic heterocycles. The van der Waals surface area contributed by atoms with Crippen molar-refractivity contribution < 1.29 is 29.2 Å². The summed E-state index contributed by atoms with van der Waals surface area (Å²) in [5, 5.41) is 19.3. The standard InChI is InChI=1S/C32H54O6Si/c1-23(9-12-28(34)27(5)22-33)10-13-29-25(3)15-17-32(37-29)18-16-26(4)30(38-32)14-11-24(2)21-31(35)36-19-20-39(6,7)8/h9-12,14,21,25-30,33-34H,13,15-20,22H2,1-8H3/b12-9+,14-11+,23-10+,24-21+/t25-,26+,27-,28-,29+,30+,32-/m0/s1. The quantitative estimate of drug-likeness (QED) is 0.121. The molecule has 2 aliphatic rings. The summed E-state index contributed by atoms with van der Waals surface area (Å²) in [6.45, 7) is 17.5. The first-order valence-electron chi connectivity index (χ1n) is 14.8. The highest BCUT2D eigenvalue weighted by atomic mass is 28.3. The van der Waals surface area contributed by atoms with Crippen LogP contribution in [0.15, 0.2) is 47.6 Å². The monoisotopic (exact) mass is 562 g/mol. The van der Waals surface area contributed by atoms with Gasteiger partial charge in [0, 0.05) is 39.5 Å². The number of aliphatic hydroxyl groups excluding tert-OH is 2. The molecular formula is C32H54O6Si. The van der Waals surface area contributed by atoms with Crippen molar-refractivity contribution in [1.82, 2.24) is 0 Å². The highest BCUT2D eigenvalue weighted by Gasteiger charge is 2.45. The van der Waals surface area contributed by atoms with Crippen molar-refractivity contribution in [1.29, 1.82) is 0 Å². The second kappa shape index (κ2) is 15.5. The Labute approximate surface area is 238 Å². The molecule has 2 saturated heterocycles. The Kier molecular flexibility index (Phi) is 13.4. The molecule has 222 valence electrons. The van der Waals surface area contributed by atoms with Gasteiger partial charge in [0.05, 0.1) is 24.9 Å². The van der Waals surface area contributed by atoms with Gasteiger partial charge in [0.15, 0.2) is 5.79 Å². The van der Waals surface area contributed by atoms with Crippen LogP contribution in [-0.2, 0) is 19.0 Å². The first kappa shape index (κ1) is 33.7. The fourth-order valence-electron chi connectivity index (χ4n) is 4.80. The van der Waals surface area contributed by atoms with E-state index in [-0.39, 0.29) is 30.7 Å². The number of hydrogen-bond acceptors (Lipinski definition) is 6. The molecule has 2 aliphatic heterocycles. The van der Waals surface area contributed by atoms with Gasteiger partial charge in [0.25, 0.3) is 0 Å². The minimum Gasteiger partial charge on any atom is -0.463 e. The third-order valence-electron chi connectivity index (χ3n) is 7.96. The lowest BCUT2D eigenvalue weighted by Gasteiger charge is -2.49. The van der Waals surface area contributed by atoms with Crippen molar-refractivity contribution in [2.45, 2.75) is 117 Å². The second-order valence-corrected chi connectivity index (χ2v) is 18.7. The first-order valence-corrected chi connectivity index (χ1v) is 18.5. The van der Waals surface area contributed by atoms with Gasteiger partial charge in [-0.15, -0.1) is 0 Å². The number of carbonyl (C=O) groups is 1. The van der Waals surface area contributed by atoms with Gasteiger partial charge >= 0.3 is 5.97 Å². The maximum Gasteiger partial charge on any atom is 0.330 e. The lowest BCUT2D eigenvalue weighted by Crippen LogP contribution is -2.51. The van der Waals surface area contributed by atoms with Crippen molar-refractivity contribution in [2.75, 3.05) is 13.2 Å². The van der Waals surface area contributed by atoms with Crippen LogP contribution in [0.4, 0.5) is 0 Å². The molecule has 2 N–H and O–H groups in total. The lowest BCUT2D eigenvalue weighted by atomic mass is 9.83. The zero-order chi connectivity index (χ0) is 29.2. The van der Waals surface area contributed by atoms with Gasteiger partial charge in [-0.1, -0.05) is 76.4 Å². The maximum absolute atomic E-state index is 12.2.